The fourth-order valence-electron chi connectivity index (χ4n) is 1.04. The third-order valence-electron chi connectivity index (χ3n) is 2.33. The third kappa shape index (κ3) is 7.89. The number of carbonyl (C=O) groups excluding carboxylic acids is 1. The topological polar surface area (TPSA) is 87.7 Å². The van der Waals surface area contributed by atoms with Gasteiger partial charge in [0.05, 0.1) is 6.61 Å². The molecule has 0 radical (unpaired) electrons. The van der Waals surface area contributed by atoms with Crippen LogP contribution in [0, 0.1) is 5.92 Å². The van der Waals surface area contributed by atoms with Crippen LogP contribution in [0.5, 0.6) is 0 Å². The van der Waals surface area contributed by atoms with Crippen molar-refractivity contribution in [2.24, 2.45) is 5.92 Å². The number of ether oxygens (including phenoxy) is 1. The number of amides is 2. The van der Waals surface area contributed by atoms with Crippen molar-refractivity contribution < 1.29 is 19.4 Å². The predicted molar refractivity (Wildman–Crippen MR) is 68.5 cm³/mol. The number of carboxylic acid groups (broad SMARTS) is 1. The Kier molecular flexibility index (Phi) is 7.35. The van der Waals surface area contributed by atoms with Crippen LogP contribution in [0.1, 0.15) is 34.1 Å². The lowest BCUT2D eigenvalue weighted by molar-refractivity contribution is -0.142. The maximum atomic E-state index is 11.4. The minimum atomic E-state index is -1.28. The largest absolute Gasteiger partial charge is 0.480 e. The SMILES string of the molecule is CC(C)CCOCCNC(=O)NC(C)(C)C(=O)O. The maximum Gasteiger partial charge on any atom is 0.328 e. The first-order chi connectivity index (χ1) is 8.25. The molecule has 0 saturated carbocycles. The highest BCUT2D eigenvalue weighted by molar-refractivity contribution is 5.85. The van der Waals surface area contributed by atoms with Crippen LogP contribution in [0.4, 0.5) is 4.79 Å². The van der Waals surface area contributed by atoms with E-state index < -0.39 is 17.5 Å². The molecule has 2 amide bonds. The van der Waals surface area contributed by atoms with Gasteiger partial charge in [0.1, 0.15) is 5.54 Å². The van der Waals surface area contributed by atoms with Crippen LogP contribution in [0.2, 0.25) is 0 Å². The molecule has 0 aromatic rings. The predicted octanol–water partition coefficient (Wildman–Crippen LogP) is 1.21. The van der Waals surface area contributed by atoms with E-state index in [4.69, 9.17) is 9.84 Å². The second-order valence-corrected chi connectivity index (χ2v) is 5.11. The van der Waals surface area contributed by atoms with Crippen molar-refractivity contribution in [3.63, 3.8) is 0 Å². The summed E-state index contributed by atoms with van der Waals surface area (Å²) in [6, 6.07) is -0.505. The van der Waals surface area contributed by atoms with Gasteiger partial charge in [0.25, 0.3) is 0 Å². The Morgan fingerprint density at radius 2 is 1.89 bits per heavy atom. The van der Waals surface area contributed by atoms with Crippen molar-refractivity contribution in [3.05, 3.63) is 0 Å². The van der Waals surface area contributed by atoms with E-state index in [2.05, 4.69) is 24.5 Å². The molecule has 0 saturated heterocycles. The number of urea groups is 1. The lowest BCUT2D eigenvalue weighted by atomic mass is 10.1. The van der Waals surface area contributed by atoms with Gasteiger partial charge in [0, 0.05) is 13.2 Å². The van der Waals surface area contributed by atoms with Crippen LogP contribution in [0.3, 0.4) is 0 Å². The monoisotopic (exact) mass is 260 g/mol. The van der Waals surface area contributed by atoms with Crippen molar-refractivity contribution in [2.75, 3.05) is 19.8 Å². The first-order valence-electron chi connectivity index (χ1n) is 6.13. The van der Waals surface area contributed by atoms with Gasteiger partial charge in [-0.3, -0.25) is 0 Å². The van der Waals surface area contributed by atoms with Crippen molar-refractivity contribution in [1.82, 2.24) is 10.6 Å². The van der Waals surface area contributed by atoms with Crippen LogP contribution in [0.15, 0.2) is 0 Å². The second kappa shape index (κ2) is 7.92. The molecule has 0 aliphatic rings. The highest BCUT2D eigenvalue weighted by Gasteiger charge is 2.28. The van der Waals surface area contributed by atoms with Crippen LogP contribution in [-0.2, 0) is 9.53 Å². The number of hydrogen-bond acceptors (Lipinski definition) is 3. The molecule has 0 aromatic heterocycles. The van der Waals surface area contributed by atoms with Crippen molar-refractivity contribution >= 4 is 12.0 Å². The Bertz CT molecular complexity index is 277. The average Bonchev–Trinajstić information content (AvgIpc) is 2.21. The molecular weight excluding hydrogens is 236 g/mol. The smallest absolute Gasteiger partial charge is 0.328 e. The standard InChI is InChI=1S/C12H24N2O4/c1-9(2)5-7-18-8-6-13-11(17)14-12(3,4)10(15)16/h9H,5-8H2,1-4H3,(H,15,16)(H2,13,14,17). The van der Waals surface area contributed by atoms with Crippen molar-refractivity contribution in [1.29, 1.82) is 0 Å². The number of nitrogens with one attached hydrogen (secondary N) is 2. The Morgan fingerprint density at radius 1 is 1.28 bits per heavy atom. The fourth-order valence-corrected chi connectivity index (χ4v) is 1.04. The van der Waals surface area contributed by atoms with E-state index in [1.807, 2.05) is 0 Å². The summed E-state index contributed by atoms with van der Waals surface area (Å²) in [6.45, 7) is 8.53. The van der Waals surface area contributed by atoms with E-state index in [-0.39, 0.29) is 0 Å². The first kappa shape index (κ1) is 16.7. The van der Waals surface area contributed by atoms with E-state index in [0.29, 0.717) is 25.7 Å². The molecule has 6 nitrogen and oxygen atoms in total. The van der Waals surface area contributed by atoms with Crippen LogP contribution in [-0.4, -0.2) is 42.4 Å². The Morgan fingerprint density at radius 3 is 2.39 bits per heavy atom. The molecule has 6 heteroatoms. The molecule has 0 rings (SSSR count). The highest BCUT2D eigenvalue weighted by atomic mass is 16.5. The molecule has 0 fully saturated rings. The van der Waals surface area contributed by atoms with Gasteiger partial charge in [-0.2, -0.15) is 0 Å². The Hall–Kier alpha value is -1.30. The van der Waals surface area contributed by atoms with Crippen molar-refractivity contribution in [2.45, 2.75) is 39.7 Å². The van der Waals surface area contributed by atoms with Crippen LogP contribution < -0.4 is 10.6 Å². The summed E-state index contributed by atoms with van der Waals surface area (Å²) in [4.78, 5) is 22.1. The van der Waals surface area contributed by atoms with Gasteiger partial charge in [-0.1, -0.05) is 13.8 Å². The van der Waals surface area contributed by atoms with Gasteiger partial charge in [-0.15, -0.1) is 0 Å². The summed E-state index contributed by atoms with van der Waals surface area (Å²) in [6.07, 6.45) is 0.984. The number of carbonyl (C=O) groups is 2. The molecule has 3 N–H and O–H groups in total. The molecule has 106 valence electrons. The normalized spacial score (nSPS) is 11.4. The molecule has 0 bridgehead atoms. The highest BCUT2D eigenvalue weighted by Crippen LogP contribution is 2.01. The average molecular weight is 260 g/mol. The molecule has 0 aromatic carbocycles. The molecule has 0 heterocycles. The van der Waals surface area contributed by atoms with Gasteiger partial charge in [-0.05, 0) is 26.2 Å². The molecule has 0 spiro atoms. The van der Waals surface area contributed by atoms with E-state index in [1.54, 1.807) is 0 Å². The number of carboxylic acids is 1. The first-order valence-corrected chi connectivity index (χ1v) is 6.13. The second-order valence-electron chi connectivity index (χ2n) is 5.11. The molecule has 0 aliphatic carbocycles. The molecule has 18 heavy (non-hydrogen) atoms. The summed E-state index contributed by atoms with van der Waals surface area (Å²) < 4.78 is 5.31. The summed E-state index contributed by atoms with van der Waals surface area (Å²) in [7, 11) is 0. The van der Waals surface area contributed by atoms with Crippen LogP contribution in [0.25, 0.3) is 0 Å². The van der Waals surface area contributed by atoms with E-state index in [9.17, 15) is 9.59 Å². The molecule has 0 unspecified atom stereocenters. The van der Waals surface area contributed by atoms with Gasteiger partial charge in [-0.25, -0.2) is 9.59 Å². The maximum absolute atomic E-state index is 11.4. The summed E-state index contributed by atoms with van der Waals surface area (Å²) in [5, 5.41) is 13.7. The summed E-state index contributed by atoms with van der Waals surface area (Å²) >= 11 is 0. The number of hydrogen-bond donors (Lipinski definition) is 3. The third-order valence-corrected chi connectivity index (χ3v) is 2.33. The quantitative estimate of drug-likeness (QED) is 0.572. The van der Waals surface area contributed by atoms with Gasteiger partial charge >= 0.3 is 12.0 Å². The Labute approximate surface area is 108 Å². The van der Waals surface area contributed by atoms with E-state index in [0.717, 1.165) is 6.42 Å². The van der Waals surface area contributed by atoms with Crippen LogP contribution >= 0.6 is 0 Å². The number of rotatable bonds is 8. The minimum absolute atomic E-state index is 0.361. The molecular formula is C12H24N2O4. The lowest BCUT2D eigenvalue weighted by Gasteiger charge is -2.21. The summed E-state index contributed by atoms with van der Waals surface area (Å²) in [5.41, 5.74) is -1.28. The van der Waals surface area contributed by atoms with Crippen molar-refractivity contribution in [3.8, 4) is 0 Å². The van der Waals surface area contributed by atoms with E-state index in [1.165, 1.54) is 13.8 Å². The fraction of sp³-hybridized carbons (Fsp3) is 0.833. The zero-order valence-electron chi connectivity index (χ0n) is 11.6. The lowest BCUT2D eigenvalue weighted by Crippen LogP contribution is -2.53. The minimum Gasteiger partial charge on any atom is -0.480 e. The zero-order chi connectivity index (χ0) is 14.2. The van der Waals surface area contributed by atoms with Gasteiger partial charge < -0.3 is 20.5 Å². The molecule has 0 atom stereocenters. The molecule has 0 aliphatic heterocycles. The Balaban J connectivity index is 3.63. The van der Waals surface area contributed by atoms with Gasteiger partial charge in [0.15, 0.2) is 0 Å². The number of aliphatic carboxylic acids is 1. The zero-order valence-corrected chi connectivity index (χ0v) is 11.6. The van der Waals surface area contributed by atoms with E-state index >= 15 is 0 Å². The van der Waals surface area contributed by atoms with Gasteiger partial charge in [0.2, 0.25) is 0 Å². The summed E-state index contributed by atoms with van der Waals surface area (Å²) in [5.74, 6) is -0.483.